The molecule has 0 spiro atoms. The van der Waals surface area contributed by atoms with Gasteiger partial charge in [-0.05, 0) is 30.2 Å². The van der Waals surface area contributed by atoms with Crippen molar-refractivity contribution >= 4 is 17.2 Å². The van der Waals surface area contributed by atoms with Crippen LogP contribution in [0.2, 0.25) is 0 Å². The molecule has 0 saturated heterocycles. The van der Waals surface area contributed by atoms with Crippen molar-refractivity contribution < 1.29 is 4.79 Å². The molecule has 1 unspecified atom stereocenters. The minimum atomic E-state index is -0.252. The highest BCUT2D eigenvalue weighted by molar-refractivity contribution is 7.17. The molecule has 5 heteroatoms. The maximum Gasteiger partial charge on any atom is 0.264 e. The predicted octanol–water partition coefficient (Wildman–Crippen LogP) is 5.03. The number of nitrogens with zero attached hydrogens (tertiary/aromatic N) is 2. The van der Waals surface area contributed by atoms with E-state index in [4.69, 9.17) is 0 Å². The summed E-state index contributed by atoms with van der Waals surface area (Å²) < 4.78 is 0. The van der Waals surface area contributed by atoms with Gasteiger partial charge in [-0.25, -0.2) is 4.98 Å². The van der Waals surface area contributed by atoms with E-state index in [1.54, 1.807) is 12.4 Å². The summed E-state index contributed by atoms with van der Waals surface area (Å²) in [4.78, 5) is 22.4. The van der Waals surface area contributed by atoms with Gasteiger partial charge in [-0.15, -0.1) is 11.3 Å². The Morgan fingerprint density at radius 1 is 0.893 bits per heavy atom. The Bertz CT molecular complexity index is 1020. The van der Waals surface area contributed by atoms with Crippen LogP contribution < -0.4 is 5.32 Å². The van der Waals surface area contributed by atoms with Crippen LogP contribution in [0.15, 0.2) is 85.2 Å². The summed E-state index contributed by atoms with van der Waals surface area (Å²) in [7, 11) is 0. The largest absolute Gasteiger partial charge is 0.340 e. The van der Waals surface area contributed by atoms with Gasteiger partial charge < -0.3 is 5.32 Å². The van der Waals surface area contributed by atoms with Gasteiger partial charge in [0.25, 0.3) is 5.91 Å². The van der Waals surface area contributed by atoms with E-state index in [1.165, 1.54) is 11.3 Å². The maximum absolute atomic E-state index is 13.1. The van der Waals surface area contributed by atoms with E-state index in [2.05, 4.69) is 15.3 Å². The molecule has 1 amide bonds. The van der Waals surface area contributed by atoms with Gasteiger partial charge in [-0.2, -0.15) is 0 Å². The van der Waals surface area contributed by atoms with E-state index < -0.39 is 0 Å². The topological polar surface area (TPSA) is 54.9 Å². The van der Waals surface area contributed by atoms with Crippen LogP contribution in [0.4, 0.5) is 0 Å². The van der Waals surface area contributed by atoms with Crippen molar-refractivity contribution in [3.8, 4) is 10.6 Å². The number of hydrogen-bond acceptors (Lipinski definition) is 4. The number of rotatable bonds is 5. The third-order valence-corrected chi connectivity index (χ3v) is 5.68. The monoisotopic (exact) mass is 385 g/mol. The Labute approximate surface area is 167 Å². The quantitative estimate of drug-likeness (QED) is 0.524. The fourth-order valence-electron chi connectivity index (χ4n) is 3.07. The van der Waals surface area contributed by atoms with Crippen LogP contribution in [-0.4, -0.2) is 15.9 Å². The first-order chi connectivity index (χ1) is 13.7. The molecule has 2 aromatic carbocycles. The van der Waals surface area contributed by atoms with Gasteiger partial charge in [0.2, 0.25) is 0 Å². The van der Waals surface area contributed by atoms with Crippen molar-refractivity contribution in [1.82, 2.24) is 15.3 Å². The zero-order chi connectivity index (χ0) is 19.3. The van der Waals surface area contributed by atoms with Gasteiger partial charge >= 0.3 is 0 Å². The van der Waals surface area contributed by atoms with Gasteiger partial charge in [-0.3, -0.25) is 9.78 Å². The van der Waals surface area contributed by atoms with Gasteiger partial charge in [0, 0.05) is 18.0 Å². The maximum atomic E-state index is 13.1. The third-order valence-electron chi connectivity index (χ3n) is 4.47. The lowest BCUT2D eigenvalue weighted by molar-refractivity contribution is 0.0946. The zero-order valence-corrected chi connectivity index (χ0v) is 16.2. The fraction of sp³-hybridized carbons (Fsp3) is 0.0870. The molecule has 0 bridgehead atoms. The molecule has 28 heavy (non-hydrogen) atoms. The fourth-order valence-corrected chi connectivity index (χ4v) is 4.04. The minimum absolute atomic E-state index is 0.122. The number of carbonyl (C=O) groups is 1. The van der Waals surface area contributed by atoms with Crippen molar-refractivity contribution in [2.24, 2.45) is 0 Å². The number of benzene rings is 2. The van der Waals surface area contributed by atoms with Crippen LogP contribution in [0.3, 0.4) is 0 Å². The van der Waals surface area contributed by atoms with Gasteiger partial charge in [0.05, 0.1) is 11.7 Å². The van der Waals surface area contributed by atoms with Crippen LogP contribution >= 0.6 is 11.3 Å². The molecule has 0 aliphatic heterocycles. The second kappa shape index (κ2) is 8.15. The lowest BCUT2D eigenvalue weighted by Crippen LogP contribution is -2.29. The standard InChI is InChI=1S/C23H19N3OS/c1-16-21(28-23(25-16)19-10-6-3-7-11-19)22(27)26-20(17-8-4-2-5-9-17)18-12-14-24-15-13-18/h2-15,20H,1H3,(H,26,27). The zero-order valence-electron chi connectivity index (χ0n) is 15.4. The van der Waals surface area contributed by atoms with Crippen molar-refractivity contribution in [2.75, 3.05) is 0 Å². The number of amides is 1. The number of thiazole rings is 1. The molecule has 2 heterocycles. The van der Waals surface area contributed by atoms with E-state index in [1.807, 2.05) is 79.7 Å². The van der Waals surface area contributed by atoms with E-state index in [-0.39, 0.29) is 11.9 Å². The average molecular weight is 385 g/mol. The van der Waals surface area contributed by atoms with Crippen LogP contribution in [0, 0.1) is 6.92 Å². The smallest absolute Gasteiger partial charge is 0.264 e. The number of aryl methyl sites for hydroxylation is 1. The second-order valence-electron chi connectivity index (χ2n) is 6.40. The molecule has 0 radical (unpaired) electrons. The highest BCUT2D eigenvalue weighted by Gasteiger charge is 2.21. The van der Waals surface area contributed by atoms with Crippen molar-refractivity contribution in [3.05, 3.63) is 107 Å². The average Bonchev–Trinajstić information content (AvgIpc) is 3.15. The first-order valence-electron chi connectivity index (χ1n) is 9.01. The number of nitrogens with one attached hydrogen (secondary N) is 1. The Hall–Kier alpha value is -3.31. The lowest BCUT2D eigenvalue weighted by Gasteiger charge is -2.19. The first-order valence-corrected chi connectivity index (χ1v) is 9.82. The summed E-state index contributed by atoms with van der Waals surface area (Å²) in [6, 6.07) is 23.5. The van der Waals surface area contributed by atoms with E-state index in [0.717, 1.165) is 27.4 Å². The van der Waals surface area contributed by atoms with Gasteiger partial charge in [0.15, 0.2) is 0 Å². The molecule has 0 fully saturated rings. The number of pyridine rings is 1. The third kappa shape index (κ3) is 3.85. The van der Waals surface area contributed by atoms with Crippen LogP contribution in [0.1, 0.15) is 32.5 Å². The summed E-state index contributed by atoms with van der Waals surface area (Å²) >= 11 is 1.42. The molecule has 0 saturated carbocycles. The summed E-state index contributed by atoms with van der Waals surface area (Å²) in [5.41, 5.74) is 3.76. The molecule has 2 aromatic heterocycles. The van der Waals surface area contributed by atoms with Crippen LogP contribution in [0.5, 0.6) is 0 Å². The Kier molecular flexibility index (Phi) is 5.26. The molecular weight excluding hydrogens is 366 g/mol. The van der Waals surface area contributed by atoms with Gasteiger partial charge in [-0.1, -0.05) is 60.7 Å². The van der Waals surface area contributed by atoms with Crippen molar-refractivity contribution in [1.29, 1.82) is 0 Å². The van der Waals surface area contributed by atoms with E-state index >= 15 is 0 Å². The predicted molar refractivity (Wildman–Crippen MR) is 112 cm³/mol. The molecule has 4 nitrogen and oxygen atoms in total. The molecule has 1 atom stereocenters. The van der Waals surface area contributed by atoms with E-state index in [0.29, 0.717) is 4.88 Å². The molecule has 138 valence electrons. The highest BCUT2D eigenvalue weighted by Crippen LogP contribution is 2.29. The SMILES string of the molecule is Cc1nc(-c2ccccc2)sc1C(=O)NC(c1ccccc1)c1ccncc1. The number of aromatic nitrogens is 2. The summed E-state index contributed by atoms with van der Waals surface area (Å²) in [5, 5.41) is 4.03. The highest BCUT2D eigenvalue weighted by atomic mass is 32.1. The Balaban J connectivity index is 1.65. The van der Waals surface area contributed by atoms with Crippen LogP contribution in [0.25, 0.3) is 10.6 Å². The van der Waals surface area contributed by atoms with E-state index in [9.17, 15) is 4.79 Å². The normalized spacial score (nSPS) is 11.8. The summed E-state index contributed by atoms with van der Waals surface area (Å²) in [6.07, 6.45) is 3.48. The number of hydrogen-bond donors (Lipinski definition) is 1. The molecule has 0 aliphatic carbocycles. The lowest BCUT2D eigenvalue weighted by atomic mass is 9.99. The summed E-state index contributed by atoms with van der Waals surface area (Å²) in [5.74, 6) is -0.122. The van der Waals surface area contributed by atoms with Gasteiger partial charge in [0.1, 0.15) is 9.88 Å². The molecule has 4 aromatic rings. The molecule has 1 N–H and O–H groups in total. The van der Waals surface area contributed by atoms with Crippen molar-refractivity contribution in [3.63, 3.8) is 0 Å². The molecular formula is C23H19N3OS. The Morgan fingerprint density at radius 2 is 1.50 bits per heavy atom. The molecule has 0 aliphatic rings. The second-order valence-corrected chi connectivity index (χ2v) is 7.40. The Morgan fingerprint density at radius 3 is 2.18 bits per heavy atom. The summed E-state index contributed by atoms with van der Waals surface area (Å²) in [6.45, 7) is 1.88. The minimum Gasteiger partial charge on any atom is -0.340 e. The number of carbonyl (C=O) groups excluding carboxylic acids is 1. The molecule has 4 rings (SSSR count). The van der Waals surface area contributed by atoms with Crippen molar-refractivity contribution in [2.45, 2.75) is 13.0 Å². The van der Waals surface area contributed by atoms with Crippen LogP contribution in [-0.2, 0) is 0 Å². The first kappa shape index (κ1) is 18.1.